The predicted octanol–water partition coefficient (Wildman–Crippen LogP) is 0.405. The Bertz CT molecular complexity index is 380. The molecular formula is C9H8N2O2. The first-order chi connectivity index (χ1) is 6.19. The number of nitrogens with zero attached hydrogens (tertiary/aromatic N) is 1. The molecule has 0 spiro atoms. The molecule has 1 aromatic rings. The summed E-state index contributed by atoms with van der Waals surface area (Å²) in [6.45, 7) is -0.102. The van der Waals surface area contributed by atoms with Crippen molar-refractivity contribution in [2.24, 2.45) is 5.73 Å². The quantitative estimate of drug-likeness (QED) is 0.638. The van der Waals surface area contributed by atoms with Gasteiger partial charge in [0.25, 0.3) is 0 Å². The van der Waals surface area contributed by atoms with Gasteiger partial charge < -0.3 is 10.8 Å². The van der Waals surface area contributed by atoms with Gasteiger partial charge in [0.2, 0.25) is 0 Å². The highest BCUT2D eigenvalue weighted by atomic mass is 16.3. The Hall–Kier alpha value is -1.86. The van der Waals surface area contributed by atoms with E-state index in [1.807, 2.05) is 0 Å². The van der Waals surface area contributed by atoms with Crippen molar-refractivity contribution in [3.63, 3.8) is 0 Å². The minimum atomic E-state index is -0.253. The summed E-state index contributed by atoms with van der Waals surface area (Å²) >= 11 is 0. The molecule has 0 saturated carbocycles. The molecule has 1 rings (SSSR count). The van der Waals surface area contributed by atoms with Gasteiger partial charge in [-0.25, -0.2) is 0 Å². The number of phenols is 1. The minimum absolute atomic E-state index is 0.0827. The van der Waals surface area contributed by atoms with Crippen molar-refractivity contribution in [1.29, 1.82) is 5.26 Å². The molecule has 0 aliphatic carbocycles. The van der Waals surface area contributed by atoms with E-state index < -0.39 is 0 Å². The van der Waals surface area contributed by atoms with Crippen LogP contribution in [0.1, 0.15) is 15.9 Å². The van der Waals surface area contributed by atoms with Gasteiger partial charge in [-0.15, -0.1) is 0 Å². The van der Waals surface area contributed by atoms with Crippen LogP contribution in [0.2, 0.25) is 0 Å². The Morgan fingerprint density at radius 2 is 2.31 bits per heavy atom. The Labute approximate surface area is 75.2 Å². The second kappa shape index (κ2) is 3.70. The zero-order chi connectivity index (χ0) is 9.84. The fourth-order valence-electron chi connectivity index (χ4n) is 0.917. The first-order valence-electron chi connectivity index (χ1n) is 3.65. The summed E-state index contributed by atoms with van der Waals surface area (Å²) in [6.07, 6.45) is 0. The number of Topliss-reactive ketones (excluding diaryl/α,β-unsaturated/α-hetero) is 1. The lowest BCUT2D eigenvalue weighted by Gasteiger charge is -1.99. The van der Waals surface area contributed by atoms with Crippen LogP contribution in [0, 0.1) is 11.3 Å². The highest BCUT2D eigenvalue weighted by Crippen LogP contribution is 2.17. The van der Waals surface area contributed by atoms with Crippen molar-refractivity contribution < 1.29 is 9.90 Å². The van der Waals surface area contributed by atoms with Crippen LogP contribution < -0.4 is 5.73 Å². The van der Waals surface area contributed by atoms with Crippen LogP contribution in [0.5, 0.6) is 5.75 Å². The van der Waals surface area contributed by atoms with E-state index in [4.69, 9.17) is 16.1 Å². The van der Waals surface area contributed by atoms with Crippen LogP contribution >= 0.6 is 0 Å². The standard InChI is InChI=1S/C9H8N2O2/c10-4-7-3-6(9(13)5-11)1-2-8(7)12/h1-3,12H,5,11H2. The number of aromatic hydroxyl groups is 1. The second-order valence-electron chi connectivity index (χ2n) is 2.47. The molecule has 66 valence electrons. The predicted molar refractivity (Wildman–Crippen MR) is 46.2 cm³/mol. The summed E-state index contributed by atoms with van der Waals surface area (Å²) in [7, 11) is 0. The first kappa shape index (κ1) is 9.23. The first-order valence-corrected chi connectivity index (χ1v) is 3.65. The molecule has 3 N–H and O–H groups in total. The third-order valence-corrected chi connectivity index (χ3v) is 1.62. The monoisotopic (exact) mass is 176 g/mol. The summed E-state index contributed by atoms with van der Waals surface area (Å²) in [5.41, 5.74) is 5.57. The van der Waals surface area contributed by atoms with Gasteiger partial charge in [-0.1, -0.05) is 0 Å². The Kier molecular flexibility index (Phi) is 2.62. The Morgan fingerprint density at radius 3 is 2.85 bits per heavy atom. The zero-order valence-electron chi connectivity index (χ0n) is 6.82. The highest BCUT2D eigenvalue weighted by Gasteiger charge is 2.06. The fourth-order valence-corrected chi connectivity index (χ4v) is 0.917. The van der Waals surface area contributed by atoms with Crippen LogP contribution in [0.25, 0.3) is 0 Å². The lowest BCUT2D eigenvalue weighted by atomic mass is 10.1. The topological polar surface area (TPSA) is 87.1 Å². The summed E-state index contributed by atoms with van der Waals surface area (Å²) < 4.78 is 0. The number of hydrogen-bond acceptors (Lipinski definition) is 4. The van der Waals surface area contributed by atoms with Crippen LogP contribution in [-0.2, 0) is 0 Å². The van der Waals surface area contributed by atoms with E-state index in [9.17, 15) is 4.79 Å². The number of carbonyl (C=O) groups excluding carboxylic acids is 1. The van der Waals surface area contributed by atoms with Crippen molar-refractivity contribution in [3.05, 3.63) is 29.3 Å². The number of carbonyl (C=O) groups is 1. The molecule has 0 amide bonds. The molecule has 1 aromatic carbocycles. The van der Waals surface area contributed by atoms with Gasteiger partial charge in [-0.05, 0) is 18.2 Å². The molecule has 0 saturated heterocycles. The van der Waals surface area contributed by atoms with Gasteiger partial charge in [-0.3, -0.25) is 4.79 Å². The summed E-state index contributed by atoms with van der Waals surface area (Å²) in [4.78, 5) is 11.1. The third kappa shape index (κ3) is 1.83. The lowest BCUT2D eigenvalue weighted by molar-refractivity contribution is 0.100. The number of hydrogen-bond donors (Lipinski definition) is 2. The second-order valence-corrected chi connectivity index (χ2v) is 2.47. The largest absolute Gasteiger partial charge is 0.507 e. The average molecular weight is 176 g/mol. The lowest BCUT2D eigenvalue weighted by Crippen LogP contribution is -2.13. The number of phenolic OH excluding ortho intramolecular Hbond substituents is 1. The van der Waals surface area contributed by atoms with Crippen LogP contribution in [0.15, 0.2) is 18.2 Å². The maximum atomic E-state index is 11.1. The molecule has 0 radical (unpaired) electrons. The molecule has 0 fully saturated rings. The molecule has 0 aliphatic rings. The van der Waals surface area contributed by atoms with E-state index in [2.05, 4.69) is 0 Å². The summed E-state index contributed by atoms with van der Waals surface area (Å²) in [5, 5.41) is 17.7. The van der Waals surface area contributed by atoms with E-state index in [1.165, 1.54) is 18.2 Å². The van der Waals surface area contributed by atoms with Gasteiger partial charge in [0.15, 0.2) is 5.78 Å². The molecule has 0 aromatic heterocycles. The normalized spacial score (nSPS) is 9.23. The molecule has 0 unspecified atom stereocenters. The average Bonchev–Trinajstić information content (AvgIpc) is 2.17. The van der Waals surface area contributed by atoms with E-state index in [0.717, 1.165) is 0 Å². The van der Waals surface area contributed by atoms with Gasteiger partial charge in [0.1, 0.15) is 11.8 Å². The maximum Gasteiger partial charge on any atom is 0.176 e. The van der Waals surface area contributed by atoms with E-state index >= 15 is 0 Å². The van der Waals surface area contributed by atoms with Gasteiger partial charge in [-0.2, -0.15) is 5.26 Å². The molecule has 4 heteroatoms. The van der Waals surface area contributed by atoms with Crippen molar-refractivity contribution >= 4 is 5.78 Å². The molecule has 0 atom stereocenters. The Balaban J connectivity index is 3.15. The smallest absolute Gasteiger partial charge is 0.176 e. The number of nitrogens with two attached hydrogens (primary N) is 1. The van der Waals surface area contributed by atoms with Crippen LogP contribution in [0.3, 0.4) is 0 Å². The number of ketones is 1. The van der Waals surface area contributed by atoms with Gasteiger partial charge >= 0.3 is 0 Å². The molecular weight excluding hydrogens is 168 g/mol. The van der Waals surface area contributed by atoms with Gasteiger partial charge in [0, 0.05) is 5.56 Å². The molecule has 4 nitrogen and oxygen atoms in total. The molecule has 13 heavy (non-hydrogen) atoms. The van der Waals surface area contributed by atoms with Crippen LogP contribution in [-0.4, -0.2) is 17.4 Å². The number of nitriles is 1. The van der Waals surface area contributed by atoms with Crippen molar-refractivity contribution in [3.8, 4) is 11.8 Å². The van der Waals surface area contributed by atoms with E-state index in [1.54, 1.807) is 6.07 Å². The van der Waals surface area contributed by atoms with Crippen molar-refractivity contribution in [1.82, 2.24) is 0 Å². The minimum Gasteiger partial charge on any atom is -0.507 e. The van der Waals surface area contributed by atoms with Crippen LogP contribution in [0.4, 0.5) is 0 Å². The number of rotatable bonds is 2. The van der Waals surface area contributed by atoms with Gasteiger partial charge in [0.05, 0.1) is 12.1 Å². The highest BCUT2D eigenvalue weighted by molar-refractivity contribution is 5.97. The molecule has 0 bridgehead atoms. The fraction of sp³-hybridized carbons (Fsp3) is 0.111. The van der Waals surface area contributed by atoms with E-state index in [-0.39, 0.29) is 23.6 Å². The SMILES string of the molecule is N#Cc1cc(C(=O)CN)ccc1O. The Morgan fingerprint density at radius 1 is 1.62 bits per heavy atom. The zero-order valence-corrected chi connectivity index (χ0v) is 6.82. The summed E-state index contributed by atoms with van der Waals surface area (Å²) in [5.74, 6) is -0.382. The van der Waals surface area contributed by atoms with Crippen molar-refractivity contribution in [2.75, 3.05) is 6.54 Å². The van der Waals surface area contributed by atoms with E-state index in [0.29, 0.717) is 5.56 Å². The third-order valence-electron chi connectivity index (χ3n) is 1.62. The number of benzene rings is 1. The molecule has 0 heterocycles. The maximum absolute atomic E-state index is 11.1. The van der Waals surface area contributed by atoms with Crippen molar-refractivity contribution in [2.45, 2.75) is 0 Å². The molecule has 0 aliphatic heterocycles. The summed E-state index contributed by atoms with van der Waals surface area (Å²) in [6, 6.07) is 5.84.